The molecule has 0 radical (unpaired) electrons. The Bertz CT molecular complexity index is 674. The molecule has 0 atom stereocenters. The summed E-state index contributed by atoms with van der Waals surface area (Å²) in [6.07, 6.45) is 2.77. The zero-order chi connectivity index (χ0) is 13.9. The SMILES string of the molecule is O=C1/C(=C/c2ccc(Cl)cc2)CCSc2ccccc21. The number of halogens is 1. The van der Waals surface area contributed by atoms with E-state index >= 15 is 0 Å². The van der Waals surface area contributed by atoms with E-state index in [1.54, 1.807) is 11.8 Å². The molecule has 1 nitrogen and oxygen atoms in total. The summed E-state index contributed by atoms with van der Waals surface area (Å²) in [5.41, 5.74) is 2.70. The summed E-state index contributed by atoms with van der Waals surface area (Å²) in [5, 5.41) is 0.709. The molecule has 0 aliphatic carbocycles. The molecule has 0 saturated carbocycles. The molecule has 0 unspecified atom stereocenters. The Morgan fingerprint density at radius 1 is 1.05 bits per heavy atom. The van der Waals surface area contributed by atoms with Crippen LogP contribution in [0.3, 0.4) is 0 Å². The minimum Gasteiger partial charge on any atom is -0.289 e. The average molecular weight is 301 g/mol. The van der Waals surface area contributed by atoms with Crippen LogP contribution >= 0.6 is 23.4 Å². The fraction of sp³-hybridized carbons (Fsp3) is 0.118. The van der Waals surface area contributed by atoms with Crippen molar-refractivity contribution in [2.45, 2.75) is 11.3 Å². The number of rotatable bonds is 1. The van der Waals surface area contributed by atoms with Crippen molar-refractivity contribution in [3.05, 3.63) is 70.3 Å². The van der Waals surface area contributed by atoms with Gasteiger partial charge in [0.15, 0.2) is 5.78 Å². The quantitative estimate of drug-likeness (QED) is 0.681. The second kappa shape index (κ2) is 5.86. The largest absolute Gasteiger partial charge is 0.289 e. The van der Waals surface area contributed by atoms with Gasteiger partial charge in [0.05, 0.1) is 0 Å². The highest BCUT2D eigenvalue weighted by atomic mass is 35.5. The van der Waals surface area contributed by atoms with E-state index in [4.69, 9.17) is 11.6 Å². The molecule has 1 heterocycles. The van der Waals surface area contributed by atoms with Crippen molar-refractivity contribution in [3.8, 4) is 0 Å². The van der Waals surface area contributed by atoms with Gasteiger partial charge in [-0.05, 0) is 42.3 Å². The number of hydrogen-bond acceptors (Lipinski definition) is 2. The van der Waals surface area contributed by atoms with E-state index < -0.39 is 0 Å². The molecule has 0 fully saturated rings. The number of ketones is 1. The second-order valence-electron chi connectivity index (χ2n) is 4.64. The Morgan fingerprint density at radius 2 is 1.80 bits per heavy atom. The van der Waals surface area contributed by atoms with Gasteiger partial charge in [-0.15, -0.1) is 11.8 Å². The molecule has 0 N–H and O–H groups in total. The highest BCUT2D eigenvalue weighted by Crippen LogP contribution is 2.31. The van der Waals surface area contributed by atoms with Crippen LogP contribution in [-0.2, 0) is 0 Å². The molecule has 0 spiro atoms. The van der Waals surface area contributed by atoms with Crippen molar-refractivity contribution in [1.82, 2.24) is 0 Å². The van der Waals surface area contributed by atoms with Crippen molar-refractivity contribution in [2.75, 3.05) is 5.75 Å². The van der Waals surface area contributed by atoms with Gasteiger partial charge in [-0.1, -0.05) is 35.9 Å². The minimum atomic E-state index is 0.139. The number of Topliss-reactive ketones (excluding diaryl/α,β-unsaturated/α-hetero) is 1. The smallest absolute Gasteiger partial charge is 0.190 e. The van der Waals surface area contributed by atoms with Crippen molar-refractivity contribution in [2.24, 2.45) is 0 Å². The first-order valence-corrected chi connectivity index (χ1v) is 7.83. The van der Waals surface area contributed by atoms with E-state index in [9.17, 15) is 4.79 Å². The standard InChI is InChI=1S/C17H13ClOS/c18-14-7-5-12(6-8-14)11-13-9-10-20-16-4-2-1-3-15(16)17(13)19/h1-8,11H,9-10H2/b13-11+. The monoisotopic (exact) mass is 300 g/mol. The molecule has 2 aromatic rings. The third-order valence-electron chi connectivity index (χ3n) is 3.26. The third kappa shape index (κ3) is 2.82. The lowest BCUT2D eigenvalue weighted by Crippen LogP contribution is -2.02. The predicted octanol–water partition coefficient (Wildman–Crippen LogP) is 5.10. The van der Waals surface area contributed by atoms with E-state index in [1.807, 2.05) is 54.6 Å². The van der Waals surface area contributed by atoms with Crippen molar-refractivity contribution in [1.29, 1.82) is 0 Å². The molecule has 1 aliphatic heterocycles. The van der Waals surface area contributed by atoms with Crippen molar-refractivity contribution >= 4 is 35.2 Å². The van der Waals surface area contributed by atoms with Crippen LogP contribution in [0.2, 0.25) is 5.02 Å². The highest BCUT2D eigenvalue weighted by Gasteiger charge is 2.19. The lowest BCUT2D eigenvalue weighted by molar-refractivity contribution is 0.103. The van der Waals surface area contributed by atoms with Gasteiger partial charge >= 0.3 is 0 Å². The maximum Gasteiger partial charge on any atom is 0.190 e. The fourth-order valence-corrected chi connectivity index (χ4v) is 3.39. The highest BCUT2D eigenvalue weighted by molar-refractivity contribution is 7.99. The van der Waals surface area contributed by atoms with Gasteiger partial charge in [0.25, 0.3) is 0 Å². The Morgan fingerprint density at radius 3 is 2.60 bits per heavy atom. The van der Waals surface area contributed by atoms with Gasteiger partial charge in [-0.2, -0.15) is 0 Å². The van der Waals surface area contributed by atoms with Crippen LogP contribution < -0.4 is 0 Å². The Balaban J connectivity index is 1.98. The first-order chi connectivity index (χ1) is 9.74. The predicted molar refractivity (Wildman–Crippen MR) is 85.5 cm³/mol. The molecule has 0 saturated heterocycles. The van der Waals surface area contributed by atoms with Crippen LogP contribution in [-0.4, -0.2) is 11.5 Å². The number of carbonyl (C=O) groups excluding carboxylic acids is 1. The van der Waals surface area contributed by atoms with E-state index in [0.717, 1.165) is 33.8 Å². The summed E-state index contributed by atoms with van der Waals surface area (Å²) in [4.78, 5) is 13.7. The Kier molecular flexibility index (Phi) is 3.95. The summed E-state index contributed by atoms with van der Waals surface area (Å²) in [6.45, 7) is 0. The molecule has 0 aromatic heterocycles. The first-order valence-electron chi connectivity index (χ1n) is 6.47. The average Bonchev–Trinajstić information content (AvgIpc) is 2.62. The number of allylic oxidation sites excluding steroid dienone is 1. The van der Waals surface area contributed by atoms with Crippen LogP contribution in [0.1, 0.15) is 22.3 Å². The molecule has 1 aliphatic rings. The Labute approximate surface area is 127 Å². The van der Waals surface area contributed by atoms with Crippen LogP contribution in [0.15, 0.2) is 59.0 Å². The van der Waals surface area contributed by atoms with Gasteiger partial charge in [0.1, 0.15) is 0 Å². The maximum absolute atomic E-state index is 12.6. The topological polar surface area (TPSA) is 17.1 Å². The minimum absolute atomic E-state index is 0.139. The zero-order valence-electron chi connectivity index (χ0n) is 10.8. The second-order valence-corrected chi connectivity index (χ2v) is 6.22. The number of hydrogen-bond donors (Lipinski definition) is 0. The van der Waals surface area contributed by atoms with Gasteiger partial charge in [0.2, 0.25) is 0 Å². The van der Waals surface area contributed by atoms with Gasteiger partial charge in [-0.3, -0.25) is 4.79 Å². The number of benzene rings is 2. The van der Waals surface area contributed by atoms with Gasteiger partial charge in [-0.25, -0.2) is 0 Å². The summed E-state index contributed by atoms with van der Waals surface area (Å²) in [6, 6.07) is 15.4. The molecular formula is C17H13ClOS. The lowest BCUT2D eigenvalue weighted by atomic mass is 9.99. The molecule has 3 heteroatoms. The van der Waals surface area contributed by atoms with E-state index in [2.05, 4.69) is 0 Å². The van der Waals surface area contributed by atoms with Crippen LogP contribution in [0.25, 0.3) is 6.08 Å². The van der Waals surface area contributed by atoms with Crippen LogP contribution in [0, 0.1) is 0 Å². The summed E-state index contributed by atoms with van der Waals surface area (Å²) in [5.74, 6) is 1.07. The summed E-state index contributed by atoms with van der Waals surface area (Å²) >= 11 is 7.63. The fourth-order valence-electron chi connectivity index (χ4n) is 2.24. The molecule has 0 bridgehead atoms. The van der Waals surface area contributed by atoms with Crippen LogP contribution in [0.5, 0.6) is 0 Å². The summed E-state index contributed by atoms with van der Waals surface area (Å²) in [7, 11) is 0. The van der Waals surface area contributed by atoms with Crippen LogP contribution in [0.4, 0.5) is 0 Å². The van der Waals surface area contributed by atoms with Gasteiger partial charge in [0, 0.05) is 26.8 Å². The van der Waals surface area contributed by atoms with E-state index in [1.165, 1.54) is 0 Å². The summed E-state index contributed by atoms with van der Waals surface area (Å²) < 4.78 is 0. The first kappa shape index (κ1) is 13.5. The molecule has 20 heavy (non-hydrogen) atoms. The van der Waals surface area contributed by atoms with Crippen molar-refractivity contribution in [3.63, 3.8) is 0 Å². The van der Waals surface area contributed by atoms with Crippen molar-refractivity contribution < 1.29 is 4.79 Å². The third-order valence-corrected chi connectivity index (χ3v) is 4.59. The molecule has 0 amide bonds. The Hall–Kier alpha value is -1.51. The maximum atomic E-state index is 12.6. The zero-order valence-corrected chi connectivity index (χ0v) is 12.4. The number of carbonyl (C=O) groups is 1. The lowest BCUT2D eigenvalue weighted by Gasteiger charge is -2.04. The van der Waals surface area contributed by atoms with E-state index in [-0.39, 0.29) is 5.78 Å². The van der Waals surface area contributed by atoms with E-state index in [0.29, 0.717) is 5.02 Å². The number of thioether (sulfide) groups is 1. The number of fused-ring (bicyclic) bond motifs is 1. The molecule has 100 valence electrons. The molecular weight excluding hydrogens is 288 g/mol. The molecule has 2 aromatic carbocycles. The normalized spacial score (nSPS) is 16.9. The van der Waals surface area contributed by atoms with Gasteiger partial charge < -0.3 is 0 Å². The molecule has 3 rings (SSSR count).